The highest BCUT2D eigenvalue weighted by atomic mass is 16.7. The van der Waals surface area contributed by atoms with Crippen LogP contribution in [0.4, 0.5) is 0 Å². The minimum absolute atomic E-state index is 0.216. The Kier molecular flexibility index (Phi) is 5.14. The number of nitrogens with zero attached hydrogens (tertiary/aromatic N) is 2. The van der Waals surface area contributed by atoms with Crippen LogP contribution in [0.2, 0.25) is 0 Å². The molecule has 2 saturated heterocycles. The zero-order valence-electron chi connectivity index (χ0n) is 17.3. The molecule has 5 nitrogen and oxygen atoms in total. The topological polar surface area (TPSA) is 43.8 Å². The third-order valence-electron chi connectivity index (χ3n) is 6.00. The van der Waals surface area contributed by atoms with Crippen LogP contribution in [0.3, 0.4) is 0 Å². The molecule has 6 heteroatoms. The van der Waals surface area contributed by atoms with E-state index in [1.54, 1.807) is 6.20 Å². The van der Waals surface area contributed by atoms with Crippen molar-refractivity contribution in [3.05, 3.63) is 18.3 Å². The molecule has 0 radical (unpaired) electrons. The van der Waals surface area contributed by atoms with Crippen molar-refractivity contribution in [3.63, 3.8) is 0 Å². The number of aromatic nitrogens is 1. The van der Waals surface area contributed by atoms with E-state index in [2.05, 4.69) is 58.4 Å². The molecule has 2 fully saturated rings. The highest BCUT2D eigenvalue weighted by molar-refractivity contribution is 6.63. The fourth-order valence-electron chi connectivity index (χ4n) is 3.45. The SMILES string of the molecule is CC(C)(C)N1CCC(COc2ncccc2B2OC(C)(C)C(C)(C)O2)C1. The molecule has 0 aromatic carbocycles. The molecule has 1 unspecified atom stereocenters. The quantitative estimate of drug-likeness (QED) is 0.773. The van der Waals surface area contributed by atoms with Crippen molar-refractivity contribution in [2.75, 3.05) is 19.7 Å². The lowest BCUT2D eigenvalue weighted by Gasteiger charge is -2.32. The Hall–Kier alpha value is -1.11. The smallest absolute Gasteiger partial charge is 0.478 e. The van der Waals surface area contributed by atoms with Crippen LogP contribution in [0.15, 0.2) is 18.3 Å². The largest absolute Gasteiger partial charge is 0.500 e. The molecule has 144 valence electrons. The van der Waals surface area contributed by atoms with Gasteiger partial charge in [0.2, 0.25) is 5.88 Å². The average Bonchev–Trinajstić information content (AvgIpc) is 3.08. The Bertz CT molecular complexity index is 626. The lowest BCUT2D eigenvalue weighted by atomic mass is 9.80. The third kappa shape index (κ3) is 3.92. The highest BCUT2D eigenvalue weighted by Gasteiger charge is 2.52. The Morgan fingerprint density at radius 1 is 1.23 bits per heavy atom. The van der Waals surface area contributed by atoms with Crippen LogP contribution in [0.25, 0.3) is 0 Å². The van der Waals surface area contributed by atoms with Gasteiger partial charge in [-0.25, -0.2) is 4.98 Å². The number of hydrogen-bond acceptors (Lipinski definition) is 5. The van der Waals surface area contributed by atoms with Crippen LogP contribution < -0.4 is 10.2 Å². The van der Waals surface area contributed by atoms with Crippen LogP contribution in [-0.4, -0.2) is 53.4 Å². The van der Waals surface area contributed by atoms with Gasteiger partial charge in [-0.05, 0) is 67.5 Å². The average molecular weight is 360 g/mol. The Morgan fingerprint density at radius 2 is 1.88 bits per heavy atom. The molecule has 0 saturated carbocycles. The molecule has 3 rings (SSSR count). The lowest BCUT2D eigenvalue weighted by Crippen LogP contribution is -2.41. The van der Waals surface area contributed by atoms with Crippen molar-refractivity contribution in [2.24, 2.45) is 5.92 Å². The van der Waals surface area contributed by atoms with Crippen molar-refractivity contribution < 1.29 is 14.0 Å². The summed E-state index contributed by atoms with van der Waals surface area (Å²) in [5, 5.41) is 0. The standard InChI is InChI=1S/C20H33BN2O3/c1-18(2,3)23-12-10-15(13-23)14-24-17-16(9-8-11-22-17)21-25-19(4,5)20(6,7)26-21/h8-9,11,15H,10,12-14H2,1-7H3. The summed E-state index contributed by atoms with van der Waals surface area (Å²) in [6.07, 6.45) is 2.93. The molecule has 0 spiro atoms. The lowest BCUT2D eigenvalue weighted by molar-refractivity contribution is 0.00578. The predicted octanol–water partition coefficient (Wildman–Crippen LogP) is 2.88. The first-order valence-electron chi connectivity index (χ1n) is 9.68. The molecule has 1 aromatic heterocycles. The highest BCUT2D eigenvalue weighted by Crippen LogP contribution is 2.37. The van der Waals surface area contributed by atoms with Crippen molar-refractivity contribution >= 4 is 12.6 Å². The van der Waals surface area contributed by atoms with E-state index < -0.39 is 7.12 Å². The van der Waals surface area contributed by atoms with E-state index in [0.29, 0.717) is 18.4 Å². The van der Waals surface area contributed by atoms with E-state index in [-0.39, 0.29) is 16.7 Å². The van der Waals surface area contributed by atoms with Gasteiger partial charge >= 0.3 is 7.12 Å². The van der Waals surface area contributed by atoms with Gasteiger partial charge in [-0.3, -0.25) is 4.90 Å². The summed E-state index contributed by atoms with van der Waals surface area (Å²) in [6, 6.07) is 3.89. The Balaban J connectivity index is 1.66. The van der Waals surface area contributed by atoms with Crippen molar-refractivity contribution in [1.82, 2.24) is 9.88 Å². The van der Waals surface area contributed by atoms with Gasteiger partial charge in [0.15, 0.2) is 0 Å². The second-order valence-electron chi connectivity index (χ2n) is 9.57. The Morgan fingerprint density at radius 3 is 2.46 bits per heavy atom. The first kappa shape index (κ1) is 19.7. The molecule has 2 aliphatic rings. The molecule has 0 N–H and O–H groups in total. The van der Waals surface area contributed by atoms with Crippen molar-refractivity contribution in [1.29, 1.82) is 0 Å². The van der Waals surface area contributed by atoms with Crippen LogP contribution in [0.5, 0.6) is 5.88 Å². The summed E-state index contributed by atoms with van der Waals surface area (Å²) in [6.45, 7) is 17.9. The molecule has 3 heterocycles. The van der Waals surface area contributed by atoms with Crippen LogP contribution in [0, 0.1) is 5.92 Å². The molecular formula is C20H33BN2O3. The number of pyridine rings is 1. The number of rotatable bonds is 4. The second-order valence-corrected chi connectivity index (χ2v) is 9.57. The van der Waals surface area contributed by atoms with Gasteiger partial charge in [0, 0.05) is 29.7 Å². The van der Waals surface area contributed by atoms with Crippen molar-refractivity contribution in [3.8, 4) is 5.88 Å². The summed E-state index contributed by atoms with van der Waals surface area (Å²) in [5.41, 5.74) is 0.345. The maximum atomic E-state index is 6.17. The summed E-state index contributed by atoms with van der Waals surface area (Å²) in [7, 11) is -0.446. The van der Waals surface area contributed by atoms with E-state index in [0.717, 1.165) is 25.0 Å². The maximum absolute atomic E-state index is 6.17. The van der Waals surface area contributed by atoms with E-state index >= 15 is 0 Å². The van der Waals surface area contributed by atoms with Gasteiger partial charge in [0.05, 0.1) is 17.8 Å². The number of likely N-dealkylation sites (tertiary alicyclic amines) is 1. The molecular weight excluding hydrogens is 327 g/mol. The van der Waals surface area contributed by atoms with E-state index in [4.69, 9.17) is 14.0 Å². The van der Waals surface area contributed by atoms with Crippen LogP contribution >= 0.6 is 0 Å². The zero-order valence-corrected chi connectivity index (χ0v) is 17.3. The van der Waals surface area contributed by atoms with E-state index in [1.165, 1.54) is 0 Å². The van der Waals surface area contributed by atoms with Gasteiger partial charge < -0.3 is 14.0 Å². The van der Waals surface area contributed by atoms with E-state index in [9.17, 15) is 0 Å². The molecule has 1 atom stereocenters. The summed E-state index contributed by atoms with van der Waals surface area (Å²) in [4.78, 5) is 6.97. The Labute approximate surface area is 158 Å². The first-order valence-corrected chi connectivity index (χ1v) is 9.68. The minimum Gasteiger partial charge on any atom is -0.478 e. The fourth-order valence-corrected chi connectivity index (χ4v) is 3.45. The predicted molar refractivity (Wildman–Crippen MR) is 105 cm³/mol. The van der Waals surface area contributed by atoms with Gasteiger partial charge in [0.25, 0.3) is 0 Å². The summed E-state index contributed by atoms with van der Waals surface area (Å²) in [5.74, 6) is 1.16. The molecule has 0 bridgehead atoms. The molecule has 26 heavy (non-hydrogen) atoms. The summed E-state index contributed by atoms with van der Waals surface area (Å²) < 4.78 is 18.5. The normalized spacial score (nSPS) is 25.7. The van der Waals surface area contributed by atoms with Gasteiger partial charge in [-0.15, -0.1) is 0 Å². The first-order chi connectivity index (χ1) is 12.0. The molecule has 0 aliphatic carbocycles. The molecule has 1 aromatic rings. The monoisotopic (exact) mass is 360 g/mol. The number of hydrogen-bond donors (Lipinski definition) is 0. The van der Waals surface area contributed by atoms with Gasteiger partial charge in [0.1, 0.15) is 0 Å². The van der Waals surface area contributed by atoms with Crippen molar-refractivity contribution in [2.45, 2.75) is 71.6 Å². The second kappa shape index (κ2) is 6.81. The third-order valence-corrected chi connectivity index (χ3v) is 6.00. The minimum atomic E-state index is -0.446. The summed E-state index contributed by atoms with van der Waals surface area (Å²) >= 11 is 0. The van der Waals surface area contributed by atoms with E-state index in [1.807, 2.05) is 12.1 Å². The van der Waals surface area contributed by atoms with Crippen LogP contribution in [-0.2, 0) is 9.31 Å². The fraction of sp³-hybridized carbons (Fsp3) is 0.750. The molecule has 0 amide bonds. The maximum Gasteiger partial charge on any atom is 0.500 e. The number of ether oxygens (including phenoxy) is 1. The van der Waals surface area contributed by atoms with Gasteiger partial charge in [-0.2, -0.15) is 0 Å². The molecule has 2 aliphatic heterocycles. The van der Waals surface area contributed by atoms with Gasteiger partial charge in [-0.1, -0.05) is 6.07 Å². The zero-order chi connectivity index (χ0) is 19.2. The van der Waals surface area contributed by atoms with Crippen LogP contribution in [0.1, 0.15) is 54.9 Å².